The minimum absolute atomic E-state index is 0.0584. The van der Waals surface area contributed by atoms with E-state index in [4.69, 9.17) is 4.74 Å². The highest BCUT2D eigenvalue weighted by atomic mass is 19.1. The molecule has 34 heavy (non-hydrogen) atoms. The molecule has 0 radical (unpaired) electrons. The Labute approximate surface area is 198 Å². The maximum Gasteiger partial charge on any atom is 0.276 e. The first kappa shape index (κ1) is 23.5. The molecule has 8 heteroatoms. The number of nitrogens with one attached hydrogen (secondary N) is 1. The Morgan fingerprint density at radius 3 is 2.62 bits per heavy atom. The third-order valence-electron chi connectivity index (χ3n) is 6.12. The summed E-state index contributed by atoms with van der Waals surface area (Å²) < 4.78 is 21.6. The molecule has 1 saturated carbocycles. The minimum Gasteiger partial charge on any atom is -0.492 e. The van der Waals surface area contributed by atoms with Gasteiger partial charge in [0.1, 0.15) is 23.9 Å². The summed E-state index contributed by atoms with van der Waals surface area (Å²) in [5.41, 5.74) is 0.572. The van der Waals surface area contributed by atoms with Crippen molar-refractivity contribution in [3.63, 3.8) is 0 Å². The van der Waals surface area contributed by atoms with Gasteiger partial charge in [0.05, 0.1) is 12.2 Å². The predicted molar refractivity (Wildman–Crippen MR) is 130 cm³/mol. The van der Waals surface area contributed by atoms with Crippen molar-refractivity contribution in [1.29, 1.82) is 0 Å². The molecule has 2 aromatic carbocycles. The summed E-state index contributed by atoms with van der Waals surface area (Å²) in [6, 6.07) is 16.9. The molecule has 0 aliphatic heterocycles. The number of nitrogens with zero attached hydrogens (tertiary/aromatic N) is 3. The van der Waals surface area contributed by atoms with Crippen molar-refractivity contribution in [3.05, 3.63) is 82.5 Å². The van der Waals surface area contributed by atoms with E-state index < -0.39 is 5.91 Å². The maximum atomic E-state index is 14.8. The zero-order valence-corrected chi connectivity index (χ0v) is 19.2. The van der Waals surface area contributed by atoms with Crippen molar-refractivity contribution in [2.45, 2.75) is 44.7 Å². The molecule has 1 fully saturated rings. The van der Waals surface area contributed by atoms with Gasteiger partial charge in [-0.1, -0.05) is 37.5 Å². The van der Waals surface area contributed by atoms with Crippen LogP contribution in [0, 0.1) is 5.82 Å². The second kappa shape index (κ2) is 11.0. The summed E-state index contributed by atoms with van der Waals surface area (Å²) in [5.74, 6) is -0.226. The molecule has 1 aliphatic rings. The fraction of sp³-hybridized carbons (Fsp3) is 0.346. The van der Waals surface area contributed by atoms with Gasteiger partial charge < -0.3 is 15.0 Å². The van der Waals surface area contributed by atoms with Gasteiger partial charge in [-0.15, -0.1) is 0 Å². The molecule has 3 aromatic rings. The van der Waals surface area contributed by atoms with Crippen LogP contribution in [0.1, 0.15) is 42.6 Å². The van der Waals surface area contributed by atoms with Crippen LogP contribution < -0.4 is 20.5 Å². The minimum atomic E-state index is -0.523. The standard InChI is InChI=1S/C26H29FN4O3/c1-30(20-8-4-2-5-9-20)24-14-12-19(18-22(24)27)28-26(33)23-13-15-25(32)31(29-23)16-17-34-21-10-6-3-7-11-21/h3,6-7,10-15,18,20H,2,4-5,8-9,16-17H2,1H3,(H,28,33). The van der Waals surface area contributed by atoms with E-state index in [0.717, 1.165) is 25.7 Å². The quantitative estimate of drug-likeness (QED) is 0.532. The lowest BCUT2D eigenvalue weighted by Crippen LogP contribution is -2.33. The highest BCUT2D eigenvalue weighted by Gasteiger charge is 2.21. The summed E-state index contributed by atoms with van der Waals surface area (Å²) in [5, 5.41) is 6.81. The molecule has 0 bridgehead atoms. The van der Waals surface area contributed by atoms with Crippen molar-refractivity contribution >= 4 is 17.3 Å². The van der Waals surface area contributed by atoms with Crippen molar-refractivity contribution in [2.24, 2.45) is 0 Å². The second-order valence-electron chi connectivity index (χ2n) is 8.46. The van der Waals surface area contributed by atoms with Crippen LogP contribution in [-0.2, 0) is 6.54 Å². The van der Waals surface area contributed by atoms with Gasteiger partial charge in [-0.05, 0) is 49.2 Å². The first-order valence-corrected chi connectivity index (χ1v) is 11.6. The largest absolute Gasteiger partial charge is 0.492 e. The number of ether oxygens (including phenoxy) is 1. The number of amides is 1. The summed E-state index contributed by atoms with van der Waals surface area (Å²) in [4.78, 5) is 26.8. The van der Waals surface area contributed by atoms with E-state index in [2.05, 4.69) is 10.4 Å². The lowest BCUT2D eigenvalue weighted by Gasteiger charge is -2.33. The summed E-state index contributed by atoms with van der Waals surface area (Å²) in [7, 11) is 1.92. The van der Waals surface area contributed by atoms with E-state index >= 15 is 0 Å². The fourth-order valence-corrected chi connectivity index (χ4v) is 4.23. The average molecular weight is 465 g/mol. The first-order valence-electron chi connectivity index (χ1n) is 11.6. The zero-order chi connectivity index (χ0) is 23.9. The Morgan fingerprint density at radius 2 is 1.88 bits per heavy atom. The van der Waals surface area contributed by atoms with Crippen LogP contribution in [0.3, 0.4) is 0 Å². The molecule has 1 heterocycles. The van der Waals surface area contributed by atoms with Crippen LogP contribution >= 0.6 is 0 Å². The number of para-hydroxylation sites is 1. The molecular weight excluding hydrogens is 435 g/mol. The van der Waals surface area contributed by atoms with E-state index in [0.29, 0.717) is 23.2 Å². The molecule has 0 saturated heterocycles. The van der Waals surface area contributed by atoms with E-state index in [1.807, 2.05) is 42.3 Å². The number of carbonyl (C=O) groups excluding carboxylic acids is 1. The molecule has 0 unspecified atom stereocenters. The third-order valence-corrected chi connectivity index (χ3v) is 6.12. The number of anilines is 2. The van der Waals surface area contributed by atoms with Crippen LogP contribution in [0.2, 0.25) is 0 Å². The molecule has 7 nitrogen and oxygen atoms in total. The zero-order valence-electron chi connectivity index (χ0n) is 19.2. The Morgan fingerprint density at radius 1 is 1.12 bits per heavy atom. The topological polar surface area (TPSA) is 76.5 Å². The Kier molecular flexibility index (Phi) is 7.57. The Hall–Kier alpha value is -3.68. The normalized spacial score (nSPS) is 13.9. The molecule has 178 valence electrons. The Bertz CT molecular complexity index is 1180. The van der Waals surface area contributed by atoms with Crippen LogP contribution in [0.15, 0.2) is 65.5 Å². The molecule has 0 spiro atoms. The van der Waals surface area contributed by atoms with E-state index in [1.54, 1.807) is 12.1 Å². The van der Waals surface area contributed by atoms with Gasteiger partial charge in [0.25, 0.3) is 11.5 Å². The van der Waals surface area contributed by atoms with Gasteiger partial charge >= 0.3 is 0 Å². The molecule has 1 amide bonds. The molecule has 4 rings (SSSR count). The number of rotatable bonds is 8. The summed E-state index contributed by atoms with van der Waals surface area (Å²) in [6.45, 7) is 0.412. The number of hydrogen-bond donors (Lipinski definition) is 1. The van der Waals surface area contributed by atoms with E-state index in [9.17, 15) is 14.0 Å². The molecule has 0 atom stereocenters. The van der Waals surface area contributed by atoms with E-state index in [1.165, 1.54) is 29.3 Å². The number of carbonyl (C=O) groups is 1. The lowest BCUT2D eigenvalue weighted by atomic mass is 9.94. The van der Waals surface area contributed by atoms with Crippen molar-refractivity contribution in [1.82, 2.24) is 9.78 Å². The summed E-state index contributed by atoms with van der Waals surface area (Å²) in [6.07, 6.45) is 5.69. The third kappa shape index (κ3) is 5.81. The van der Waals surface area contributed by atoms with Gasteiger partial charge in [-0.2, -0.15) is 5.10 Å². The predicted octanol–water partition coefficient (Wildman–Crippen LogP) is 4.48. The first-order chi connectivity index (χ1) is 16.5. The van der Waals surface area contributed by atoms with Crippen LogP contribution in [-0.4, -0.2) is 35.4 Å². The number of benzene rings is 2. The molecule has 1 aromatic heterocycles. The van der Waals surface area contributed by atoms with Crippen LogP contribution in [0.5, 0.6) is 5.75 Å². The van der Waals surface area contributed by atoms with Gasteiger partial charge in [0.2, 0.25) is 0 Å². The summed E-state index contributed by atoms with van der Waals surface area (Å²) >= 11 is 0. The highest BCUT2D eigenvalue weighted by Crippen LogP contribution is 2.29. The van der Waals surface area contributed by atoms with Gasteiger partial charge in [-0.25, -0.2) is 9.07 Å². The monoisotopic (exact) mass is 464 g/mol. The van der Waals surface area contributed by atoms with E-state index in [-0.39, 0.29) is 30.2 Å². The second-order valence-corrected chi connectivity index (χ2v) is 8.46. The Balaban J connectivity index is 1.39. The van der Waals surface area contributed by atoms with Crippen molar-refractivity contribution in [2.75, 3.05) is 23.9 Å². The number of halogens is 1. The van der Waals surface area contributed by atoms with Gasteiger partial charge in [-0.3, -0.25) is 9.59 Å². The number of hydrogen-bond acceptors (Lipinski definition) is 5. The van der Waals surface area contributed by atoms with Gasteiger partial charge in [0, 0.05) is 24.8 Å². The highest BCUT2D eigenvalue weighted by molar-refractivity contribution is 6.02. The number of aromatic nitrogens is 2. The van der Waals surface area contributed by atoms with Crippen molar-refractivity contribution < 1.29 is 13.9 Å². The smallest absolute Gasteiger partial charge is 0.276 e. The SMILES string of the molecule is CN(c1ccc(NC(=O)c2ccc(=O)n(CCOc3ccccc3)n2)cc1F)C1CCCCC1. The average Bonchev–Trinajstić information content (AvgIpc) is 2.86. The van der Waals surface area contributed by atoms with Crippen LogP contribution in [0.4, 0.5) is 15.8 Å². The maximum absolute atomic E-state index is 14.8. The molecule has 1 aliphatic carbocycles. The van der Waals surface area contributed by atoms with Crippen LogP contribution in [0.25, 0.3) is 0 Å². The molecule has 1 N–H and O–H groups in total. The van der Waals surface area contributed by atoms with Gasteiger partial charge in [0.15, 0.2) is 0 Å². The van der Waals surface area contributed by atoms with Crippen molar-refractivity contribution in [3.8, 4) is 5.75 Å². The fourth-order valence-electron chi connectivity index (χ4n) is 4.23. The molecular formula is C26H29FN4O3. The lowest BCUT2D eigenvalue weighted by molar-refractivity contribution is 0.101.